The first kappa shape index (κ1) is 28.1. The Hall–Kier alpha value is -2.95. The molecule has 0 aliphatic carbocycles. The average Bonchev–Trinajstić information content (AvgIpc) is 3.48. The van der Waals surface area contributed by atoms with Crippen molar-refractivity contribution in [1.82, 2.24) is 10.2 Å². The van der Waals surface area contributed by atoms with Crippen LogP contribution in [0.2, 0.25) is 18.1 Å². The fraction of sp³-hybridized carbons (Fsp3) is 0.407. The van der Waals surface area contributed by atoms with Gasteiger partial charge in [0, 0.05) is 53.4 Å². The van der Waals surface area contributed by atoms with E-state index in [1.165, 1.54) is 24.3 Å². The van der Waals surface area contributed by atoms with Gasteiger partial charge in [-0.25, -0.2) is 0 Å². The van der Waals surface area contributed by atoms with Gasteiger partial charge in [-0.2, -0.15) is 5.10 Å². The van der Waals surface area contributed by atoms with Gasteiger partial charge in [0.15, 0.2) is 8.32 Å². The minimum absolute atomic E-state index is 0.111. The predicted molar refractivity (Wildman–Crippen MR) is 149 cm³/mol. The summed E-state index contributed by atoms with van der Waals surface area (Å²) in [5.74, 6) is -0.427. The van der Waals surface area contributed by atoms with Crippen LogP contribution >= 0.6 is 11.6 Å². The van der Waals surface area contributed by atoms with Gasteiger partial charge in [-0.05, 0) is 72.6 Å². The van der Waals surface area contributed by atoms with E-state index >= 15 is 0 Å². The Morgan fingerprint density at radius 3 is 2.50 bits per heavy atom. The number of nitrogens with one attached hydrogen (secondary N) is 2. The Bertz CT molecular complexity index is 1270. The smallest absolute Gasteiger partial charge is 0.420 e. The summed E-state index contributed by atoms with van der Waals surface area (Å²) < 4.78 is 36.5. The Kier molecular flexibility index (Phi) is 7.88. The highest BCUT2D eigenvalue weighted by atomic mass is 35.5. The zero-order chi connectivity index (χ0) is 27.7. The summed E-state index contributed by atoms with van der Waals surface area (Å²) in [6.45, 7) is 13.4. The minimum atomic E-state index is -3.80. The molecule has 204 valence electrons. The zero-order valence-electron chi connectivity index (χ0n) is 22.2. The van der Waals surface area contributed by atoms with E-state index in [1.54, 1.807) is 6.20 Å². The summed E-state index contributed by atoms with van der Waals surface area (Å²) in [7, 11) is -1.86. The number of aromatic nitrogens is 2. The van der Waals surface area contributed by atoms with E-state index in [9.17, 15) is 13.6 Å². The first-order valence-electron chi connectivity index (χ1n) is 12.5. The first-order valence-corrected chi connectivity index (χ1v) is 15.7. The molecule has 1 amide bonds. The lowest BCUT2D eigenvalue weighted by Gasteiger charge is -2.36. The second-order valence-corrected chi connectivity index (χ2v) is 16.1. The molecule has 7 nitrogen and oxygen atoms in total. The molecule has 1 aliphatic heterocycles. The van der Waals surface area contributed by atoms with Crippen LogP contribution in [0.1, 0.15) is 36.7 Å². The van der Waals surface area contributed by atoms with Gasteiger partial charge in [-0.1, -0.05) is 20.8 Å². The van der Waals surface area contributed by atoms with Gasteiger partial charge in [0.25, 0.3) is 5.91 Å². The quantitative estimate of drug-likeness (QED) is 0.219. The van der Waals surface area contributed by atoms with E-state index in [2.05, 4.69) is 59.0 Å². The van der Waals surface area contributed by atoms with Crippen molar-refractivity contribution in [2.75, 3.05) is 29.9 Å². The second kappa shape index (κ2) is 10.7. The molecule has 4 rings (SSSR count). The fourth-order valence-corrected chi connectivity index (χ4v) is 5.29. The number of alkyl halides is 3. The number of ether oxygens (including phenoxy) is 1. The molecule has 38 heavy (non-hydrogen) atoms. The summed E-state index contributed by atoms with van der Waals surface area (Å²) in [4.78, 5) is 15.5. The summed E-state index contributed by atoms with van der Waals surface area (Å²) in [6, 6.07) is 11.2. The maximum atomic E-state index is 13.2. The lowest BCUT2D eigenvalue weighted by atomic mass is 10.00. The van der Waals surface area contributed by atoms with Crippen molar-refractivity contribution >= 4 is 37.2 Å². The molecule has 2 heterocycles. The van der Waals surface area contributed by atoms with Crippen LogP contribution in [0.15, 0.2) is 48.7 Å². The van der Waals surface area contributed by atoms with Gasteiger partial charge in [-0.3, -0.25) is 9.89 Å². The van der Waals surface area contributed by atoms with Gasteiger partial charge < -0.3 is 19.4 Å². The van der Waals surface area contributed by atoms with Crippen LogP contribution in [0.5, 0.6) is 5.75 Å². The number of carbonyl (C=O) groups excluding carboxylic acids is 1. The number of aromatic amines is 1. The highest BCUT2D eigenvalue weighted by Crippen LogP contribution is 2.40. The van der Waals surface area contributed by atoms with Crippen LogP contribution in [0.4, 0.5) is 20.2 Å². The molecule has 2 aromatic carbocycles. The van der Waals surface area contributed by atoms with Crippen molar-refractivity contribution in [3.8, 4) is 17.0 Å². The highest BCUT2D eigenvalue weighted by Gasteiger charge is 2.37. The molecular weight excluding hydrogens is 530 g/mol. The molecule has 1 aliphatic rings. The normalized spacial score (nSPS) is 13.9. The first-order chi connectivity index (χ1) is 17.7. The van der Waals surface area contributed by atoms with Crippen molar-refractivity contribution in [1.29, 1.82) is 0 Å². The summed E-state index contributed by atoms with van der Waals surface area (Å²) >= 11 is 4.81. The van der Waals surface area contributed by atoms with Gasteiger partial charge in [-0.15, -0.1) is 8.78 Å². The molecule has 0 unspecified atom stereocenters. The minimum Gasteiger partial charge on any atom is -0.420 e. The largest absolute Gasteiger partial charge is 0.487 e. The second-order valence-electron chi connectivity index (χ2n) is 10.9. The third-order valence-electron chi connectivity index (χ3n) is 7.19. The monoisotopic (exact) mass is 562 g/mol. The molecule has 0 fully saturated rings. The molecule has 11 heteroatoms. The number of hydrogen-bond acceptors (Lipinski definition) is 5. The maximum absolute atomic E-state index is 13.2. The van der Waals surface area contributed by atoms with E-state index in [-0.39, 0.29) is 16.7 Å². The van der Waals surface area contributed by atoms with Crippen molar-refractivity contribution in [2.45, 2.75) is 50.9 Å². The van der Waals surface area contributed by atoms with E-state index < -0.39 is 13.9 Å². The van der Waals surface area contributed by atoms with Crippen LogP contribution < -0.4 is 15.0 Å². The van der Waals surface area contributed by atoms with E-state index in [1.807, 2.05) is 18.2 Å². The Morgan fingerprint density at radius 1 is 1.18 bits per heavy atom. The van der Waals surface area contributed by atoms with E-state index in [4.69, 9.17) is 16.0 Å². The lowest BCUT2D eigenvalue weighted by Crippen LogP contribution is -2.42. The van der Waals surface area contributed by atoms with Crippen molar-refractivity contribution in [3.05, 3.63) is 59.8 Å². The van der Waals surface area contributed by atoms with Gasteiger partial charge >= 0.3 is 5.57 Å². The molecule has 0 bridgehead atoms. The molecule has 0 atom stereocenters. The number of anilines is 2. The van der Waals surface area contributed by atoms with Gasteiger partial charge in [0.2, 0.25) is 0 Å². The molecule has 0 saturated carbocycles. The molecular formula is C27H33ClF2N4O3Si. The highest BCUT2D eigenvalue weighted by molar-refractivity contribution is 6.74. The predicted octanol–water partition coefficient (Wildman–Crippen LogP) is 6.88. The number of carbonyl (C=O) groups is 1. The number of rotatable bonds is 9. The number of H-pyrrole nitrogens is 1. The van der Waals surface area contributed by atoms with Crippen molar-refractivity contribution in [3.63, 3.8) is 0 Å². The van der Waals surface area contributed by atoms with Crippen LogP contribution in [-0.4, -0.2) is 49.7 Å². The van der Waals surface area contributed by atoms with Crippen LogP contribution in [0, 0.1) is 0 Å². The summed E-state index contributed by atoms with van der Waals surface area (Å²) in [5.41, 5.74) is 0.979. The summed E-state index contributed by atoms with van der Waals surface area (Å²) in [6.07, 6.45) is 2.48. The van der Waals surface area contributed by atoms with Crippen LogP contribution in [-0.2, 0) is 10.8 Å². The molecule has 1 aromatic heterocycles. The van der Waals surface area contributed by atoms with E-state index in [0.29, 0.717) is 17.9 Å². The SMILES string of the molecule is CC(C)(C)[Si](C)(C)OCCN1CCc2cc(C(=O)Nc3ccc(OC(F)(F)Cl)cc3)cc(-c3ccn[nH]3)c21. The van der Waals surface area contributed by atoms with Crippen molar-refractivity contribution in [2.24, 2.45) is 0 Å². The molecule has 0 spiro atoms. The Morgan fingerprint density at radius 2 is 1.89 bits per heavy atom. The molecule has 0 radical (unpaired) electrons. The topological polar surface area (TPSA) is 79.5 Å². The number of benzene rings is 2. The number of fused-ring (bicyclic) bond motifs is 1. The lowest BCUT2D eigenvalue weighted by molar-refractivity contribution is -0.0964. The number of hydrogen-bond donors (Lipinski definition) is 2. The third kappa shape index (κ3) is 6.54. The maximum Gasteiger partial charge on any atom is 0.487 e. The average molecular weight is 563 g/mol. The van der Waals surface area contributed by atoms with Crippen LogP contribution in [0.3, 0.4) is 0 Å². The number of halogens is 3. The third-order valence-corrected chi connectivity index (χ3v) is 11.8. The Balaban J connectivity index is 1.54. The molecule has 3 aromatic rings. The number of nitrogens with zero attached hydrogens (tertiary/aromatic N) is 2. The standard InChI is InChI=1S/C27H33ClF2N4O3Si/c1-26(2,3)38(4,5)36-15-14-34-13-11-18-16-19(17-22(24(18)34)23-10-12-31-33-23)25(35)32-20-6-8-21(9-7-20)37-27(28,29)30/h6-10,12,16-17H,11,13-15H2,1-5H3,(H,31,33)(H,32,35). The van der Waals surface area contributed by atoms with Gasteiger partial charge in [0.05, 0.1) is 12.3 Å². The summed E-state index contributed by atoms with van der Waals surface area (Å²) in [5, 5.41) is 10.1. The fourth-order valence-electron chi connectivity index (χ4n) is 4.16. The van der Waals surface area contributed by atoms with Gasteiger partial charge in [0.1, 0.15) is 5.75 Å². The molecule has 0 saturated heterocycles. The zero-order valence-corrected chi connectivity index (χ0v) is 24.0. The molecule has 2 N–H and O–H groups in total. The van der Waals surface area contributed by atoms with Crippen molar-refractivity contribution < 1.29 is 22.7 Å². The van der Waals surface area contributed by atoms with Crippen LogP contribution in [0.25, 0.3) is 11.3 Å². The van der Waals surface area contributed by atoms with E-state index in [0.717, 1.165) is 42.0 Å². The Labute approximate surface area is 227 Å². The number of amides is 1.